The first-order valence-corrected chi connectivity index (χ1v) is 12.7. The Bertz CT molecular complexity index is 1160. The molecule has 11 nitrogen and oxygen atoms in total. The Morgan fingerprint density at radius 2 is 1.77 bits per heavy atom. The highest BCUT2D eigenvalue weighted by molar-refractivity contribution is 9.10. The number of benzene rings is 1. The zero-order valence-electron chi connectivity index (χ0n) is 16.2. The van der Waals surface area contributed by atoms with E-state index < -0.39 is 20.0 Å². The maximum absolute atomic E-state index is 12.6. The van der Waals surface area contributed by atoms with Crippen LogP contribution in [0.25, 0.3) is 0 Å². The number of nitrogens with zero attached hydrogens (tertiary/aromatic N) is 2. The Morgan fingerprint density at radius 1 is 1.07 bits per heavy atom. The van der Waals surface area contributed by atoms with E-state index >= 15 is 0 Å². The second-order valence-corrected chi connectivity index (χ2v) is 10.8. The summed E-state index contributed by atoms with van der Waals surface area (Å²) in [5.41, 5.74) is 0.0712. The molecule has 14 heteroatoms. The molecule has 0 saturated carbocycles. The van der Waals surface area contributed by atoms with Gasteiger partial charge in [0.05, 0.1) is 16.8 Å². The Morgan fingerprint density at radius 3 is 2.47 bits per heavy atom. The Kier molecular flexibility index (Phi) is 6.81. The third-order valence-corrected chi connectivity index (χ3v) is 7.74. The van der Waals surface area contributed by atoms with Crippen molar-refractivity contribution in [1.82, 2.24) is 19.4 Å². The van der Waals surface area contributed by atoms with Gasteiger partial charge in [-0.15, -0.1) is 0 Å². The smallest absolute Gasteiger partial charge is 0.244 e. The summed E-state index contributed by atoms with van der Waals surface area (Å²) in [4.78, 5) is 7.94. The topological polar surface area (TPSA) is 151 Å². The zero-order valence-corrected chi connectivity index (χ0v) is 19.4. The van der Waals surface area contributed by atoms with E-state index in [-0.39, 0.29) is 33.8 Å². The predicted octanol–water partition coefficient (Wildman–Crippen LogP) is 1.38. The molecular weight excluding hydrogens is 500 g/mol. The molecule has 164 valence electrons. The minimum absolute atomic E-state index is 0.0199. The first-order valence-electron chi connectivity index (χ1n) is 8.89. The normalized spacial score (nSPS) is 14.9. The van der Waals surface area contributed by atoms with Gasteiger partial charge >= 0.3 is 0 Å². The second kappa shape index (κ2) is 9.01. The van der Waals surface area contributed by atoms with Crippen LogP contribution in [-0.2, 0) is 20.0 Å². The van der Waals surface area contributed by atoms with Gasteiger partial charge in [-0.3, -0.25) is 0 Å². The lowest BCUT2D eigenvalue weighted by molar-refractivity contribution is 0.300. The lowest BCUT2D eigenvalue weighted by atomic mass is 10.3. The van der Waals surface area contributed by atoms with Crippen LogP contribution in [0.1, 0.15) is 12.8 Å². The van der Waals surface area contributed by atoms with Crippen LogP contribution in [0.2, 0.25) is 0 Å². The molecule has 0 saturated heterocycles. The fourth-order valence-corrected chi connectivity index (χ4v) is 4.87. The van der Waals surface area contributed by atoms with Crippen molar-refractivity contribution in [3.63, 3.8) is 0 Å². The third-order valence-electron chi connectivity index (χ3n) is 4.27. The summed E-state index contributed by atoms with van der Waals surface area (Å²) in [6.07, 6.45) is 2.91. The van der Waals surface area contributed by atoms with Crippen molar-refractivity contribution in [2.45, 2.75) is 22.6 Å². The van der Waals surface area contributed by atoms with E-state index in [4.69, 9.17) is 4.74 Å². The van der Waals surface area contributed by atoms with Crippen LogP contribution in [0, 0.1) is 0 Å². The van der Waals surface area contributed by atoms with Gasteiger partial charge in [-0.25, -0.2) is 31.3 Å². The maximum atomic E-state index is 12.6. The molecule has 4 bridgehead atoms. The van der Waals surface area contributed by atoms with Crippen molar-refractivity contribution in [1.29, 1.82) is 0 Å². The summed E-state index contributed by atoms with van der Waals surface area (Å²) in [7, 11) is -5.55. The van der Waals surface area contributed by atoms with E-state index in [9.17, 15) is 16.8 Å². The van der Waals surface area contributed by atoms with Crippen LogP contribution >= 0.6 is 15.9 Å². The highest BCUT2D eigenvalue weighted by Gasteiger charge is 2.27. The van der Waals surface area contributed by atoms with E-state index in [1.54, 1.807) is 0 Å². The van der Waals surface area contributed by atoms with Crippen LogP contribution in [0.15, 0.2) is 32.6 Å². The second-order valence-electron chi connectivity index (χ2n) is 6.21. The third kappa shape index (κ3) is 4.83. The molecule has 30 heavy (non-hydrogen) atoms. The summed E-state index contributed by atoms with van der Waals surface area (Å²) >= 11 is 3.37. The van der Waals surface area contributed by atoms with Crippen molar-refractivity contribution in [2.75, 3.05) is 37.9 Å². The van der Waals surface area contributed by atoms with Gasteiger partial charge in [0.2, 0.25) is 26.0 Å². The Hall–Kier alpha value is -2.00. The summed E-state index contributed by atoms with van der Waals surface area (Å²) in [6, 6.07) is 2.37. The van der Waals surface area contributed by atoms with E-state index in [0.717, 1.165) is 12.5 Å². The summed E-state index contributed by atoms with van der Waals surface area (Å²) in [5, 5.41) is 6.03. The molecule has 1 aromatic carbocycles. The Labute approximate surface area is 183 Å². The lowest BCUT2D eigenvalue weighted by Gasteiger charge is -2.17. The molecule has 1 aliphatic rings. The summed E-state index contributed by atoms with van der Waals surface area (Å²) < 4.78 is 61.1. The molecule has 0 spiro atoms. The van der Waals surface area contributed by atoms with E-state index in [1.165, 1.54) is 26.4 Å². The minimum atomic E-state index is -4.03. The van der Waals surface area contributed by atoms with Crippen molar-refractivity contribution < 1.29 is 21.6 Å². The minimum Gasteiger partial charge on any atom is -0.492 e. The van der Waals surface area contributed by atoms with Gasteiger partial charge in [0.15, 0.2) is 0 Å². The molecule has 1 aliphatic heterocycles. The molecule has 0 atom stereocenters. The molecule has 2 aromatic rings. The fraction of sp³-hybridized carbons (Fsp3) is 0.375. The first-order chi connectivity index (χ1) is 14.2. The van der Waals surface area contributed by atoms with Crippen LogP contribution in [-0.4, -0.2) is 54.1 Å². The highest BCUT2D eigenvalue weighted by Crippen LogP contribution is 2.35. The number of sulfonamides is 2. The fourth-order valence-electron chi connectivity index (χ4n) is 2.69. The average Bonchev–Trinajstić information content (AvgIpc) is 2.72. The van der Waals surface area contributed by atoms with E-state index in [1.807, 2.05) is 0 Å². The lowest BCUT2D eigenvalue weighted by Crippen LogP contribution is -2.23. The van der Waals surface area contributed by atoms with Crippen molar-refractivity contribution in [2.24, 2.45) is 0 Å². The molecule has 0 fully saturated rings. The molecule has 2 heterocycles. The predicted molar refractivity (Wildman–Crippen MR) is 115 cm³/mol. The number of aromatic nitrogens is 2. The van der Waals surface area contributed by atoms with Crippen LogP contribution in [0.5, 0.6) is 5.75 Å². The van der Waals surface area contributed by atoms with E-state index in [2.05, 4.69) is 46.0 Å². The zero-order chi connectivity index (χ0) is 21.9. The molecular formula is C16H21BrN6O5S2. The largest absolute Gasteiger partial charge is 0.492 e. The number of nitrogens with one attached hydrogen (secondary N) is 4. The first kappa shape index (κ1) is 22.7. The van der Waals surface area contributed by atoms with Gasteiger partial charge in [0.1, 0.15) is 21.4 Å². The van der Waals surface area contributed by atoms with Gasteiger partial charge < -0.3 is 15.4 Å². The number of rotatable bonds is 4. The molecule has 1 aromatic heterocycles. The maximum Gasteiger partial charge on any atom is 0.244 e. The van der Waals surface area contributed by atoms with Gasteiger partial charge in [-0.05, 0) is 48.9 Å². The molecule has 0 amide bonds. The van der Waals surface area contributed by atoms with Crippen LogP contribution in [0.4, 0.5) is 17.5 Å². The summed E-state index contributed by atoms with van der Waals surface area (Å²) in [5.74, 6) is 0.689. The number of ether oxygens (including phenoxy) is 1. The van der Waals surface area contributed by atoms with Gasteiger partial charge in [0, 0.05) is 18.8 Å². The number of anilines is 3. The number of hydrogen-bond acceptors (Lipinski definition) is 9. The quantitative estimate of drug-likeness (QED) is 0.468. The van der Waals surface area contributed by atoms with Gasteiger partial charge in [-0.1, -0.05) is 0 Å². The van der Waals surface area contributed by atoms with Crippen LogP contribution < -0.4 is 24.8 Å². The van der Waals surface area contributed by atoms with Crippen molar-refractivity contribution in [3.8, 4) is 5.75 Å². The van der Waals surface area contributed by atoms with Crippen LogP contribution in [0.3, 0.4) is 0 Å². The van der Waals surface area contributed by atoms with Crippen molar-refractivity contribution >= 4 is 53.4 Å². The van der Waals surface area contributed by atoms with Gasteiger partial charge in [-0.2, -0.15) is 4.98 Å². The highest BCUT2D eigenvalue weighted by atomic mass is 79.9. The number of fused-ring (bicyclic) bond motifs is 4. The van der Waals surface area contributed by atoms with Crippen molar-refractivity contribution in [3.05, 3.63) is 22.8 Å². The van der Waals surface area contributed by atoms with E-state index in [0.29, 0.717) is 23.3 Å². The molecule has 4 N–H and O–H groups in total. The SMILES string of the molecule is CNS(=O)(=O)c1cc(S(=O)(=O)NC)c2cc1Nc1ncc(Br)c(n1)NCCCCO2. The molecule has 0 aliphatic carbocycles. The molecule has 0 radical (unpaired) electrons. The standard InChI is InChI=1S/C16H21BrN6O5S2/c1-18-29(24,25)13-8-14(30(26,27)19-2)12-7-11(13)22-16-21-9-10(17)15(23-16)20-5-3-4-6-28-12/h7-9,18-19H,3-6H2,1-2H3,(H2,20,21,22,23). The van der Waals surface area contributed by atoms with Gasteiger partial charge in [0.25, 0.3) is 0 Å². The molecule has 0 unspecified atom stereocenters. The number of hydrogen-bond donors (Lipinski definition) is 4. The summed E-state index contributed by atoms with van der Waals surface area (Å²) in [6.45, 7) is 0.854. The Balaban J connectivity index is 2.25. The molecule has 3 rings (SSSR count). The monoisotopic (exact) mass is 520 g/mol. The average molecular weight is 521 g/mol. The number of halogens is 1.